The lowest BCUT2D eigenvalue weighted by molar-refractivity contribution is -0.117. The third-order valence-electron chi connectivity index (χ3n) is 4.37. The Morgan fingerprint density at radius 3 is 2.08 bits per heavy atom. The second-order valence-corrected chi connectivity index (χ2v) is 5.61. The Morgan fingerprint density at radius 2 is 1.77 bits per heavy atom. The minimum atomic E-state index is 0.387. The maximum absolute atomic E-state index is 11.2. The number of carbonyl (C=O) groups excluding carboxylic acids is 1. The van der Waals surface area contributed by atoms with E-state index in [0.717, 1.165) is 13.0 Å². The average Bonchev–Trinajstić information content (AvgIpc) is 2.32. The van der Waals surface area contributed by atoms with Crippen LogP contribution in [0.1, 0.15) is 34.1 Å². The highest BCUT2D eigenvalue weighted by atomic mass is 16.1. The Morgan fingerprint density at radius 1 is 1.23 bits per heavy atom. The van der Waals surface area contributed by atoms with Crippen LogP contribution in [0.2, 0.25) is 0 Å². The van der Waals surface area contributed by atoms with Crippen LogP contribution in [0.3, 0.4) is 0 Å². The predicted molar refractivity (Wildman–Crippen MR) is 52.5 cm³/mol. The van der Waals surface area contributed by atoms with Gasteiger partial charge in [0.15, 0.2) is 0 Å². The van der Waals surface area contributed by atoms with E-state index in [1.807, 2.05) is 0 Å². The van der Waals surface area contributed by atoms with Crippen LogP contribution in [0.5, 0.6) is 0 Å². The number of carbonyl (C=O) groups is 1. The fourth-order valence-electron chi connectivity index (χ4n) is 2.95. The van der Waals surface area contributed by atoms with E-state index in [1.165, 1.54) is 0 Å². The smallest absolute Gasteiger partial charge is 0.148 e. The molecule has 0 atom stereocenters. The largest absolute Gasteiger partial charge is 0.298 e. The van der Waals surface area contributed by atoms with Gasteiger partial charge in [-0.3, -0.25) is 9.69 Å². The van der Waals surface area contributed by atoms with Crippen LogP contribution in [-0.2, 0) is 4.79 Å². The average molecular weight is 181 g/mol. The van der Waals surface area contributed by atoms with Crippen molar-refractivity contribution in [3.63, 3.8) is 0 Å². The van der Waals surface area contributed by atoms with E-state index in [9.17, 15) is 4.79 Å². The van der Waals surface area contributed by atoms with E-state index in [1.54, 1.807) is 0 Å². The Balaban J connectivity index is 2.09. The molecule has 0 bridgehead atoms. The summed E-state index contributed by atoms with van der Waals surface area (Å²) in [4.78, 5) is 13.5. The molecule has 0 unspecified atom stereocenters. The van der Waals surface area contributed by atoms with E-state index in [4.69, 9.17) is 0 Å². The summed E-state index contributed by atoms with van der Waals surface area (Å²) >= 11 is 0. The van der Waals surface area contributed by atoms with Crippen molar-refractivity contribution in [1.29, 1.82) is 0 Å². The molecule has 74 valence electrons. The Hall–Kier alpha value is -0.370. The number of rotatable bonds is 1. The van der Waals surface area contributed by atoms with Crippen molar-refractivity contribution in [1.82, 2.24) is 4.90 Å². The van der Waals surface area contributed by atoms with Crippen LogP contribution < -0.4 is 0 Å². The van der Waals surface area contributed by atoms with Crippen LogP contribution in [0.4, 0.5) is 0 Å². The molecule has 0 spiro atoms. The first-order chi connectivity index (χ1) is 5.87. The molecule has 2 rings (SSSR count). The monoisotopic (exact) mass is 181 g/mol. The maximum Gasteiger partial charge on any atom is 0.148 e. The van der Waals surface area contributed by atoms with Gasteiger partial charge >= 0.3 is 0 Å². The molecule has 2 fully saturated rings. The van der Waals surface area contributed by atoms with Crippen molar-refractivity contribution in [2.45, 2.75) is 40.2 Å². The van der Waals surface area contributed by atoms with Crippen molar-refractivity contribution in [2.24, 2.45) is 10.8 Å². The Kier molecular flexibility index (Phi) is 1.66. The first-order valence-electron chi connectivity index (χ1n) is 5.13. The lowest BCUT2D eigenvalue weighted by atomic mass is 10.0. The first-order valence-corrected chi connectivity index (χ1v) is 5.13. The van der Waals surface area contributed by atoms with Crippen molar-refractivity contribution in [2.75, 3.05) is 13.1 Å². The van der Waals surface area contributed by atoms with Crippen LogP contribution in [0.15, 0.2) is 0 Å². The molecule has 1 saturated heterocycles. The summed E-state index contributed by atoms with van der Waals surface area (Å²) in [6.07, 6.45) is 0.767. The molecule has 2 nitrogen and oxygen atoms in total. The van der Waals surface area contributed by atoms with Crippen LogP contribution in [-0.4, -0.2) is 29.8 Å². The zero-order chi connectivity index (χ0) is 9.85. The zero-order valence-corrected chi connectivity index (χ0v) is 9.05. The zero-order valence-electron chi connectivity index (χ0n) is 9.05. The summed E-state index contributed by atoms with van der Waals surface area (Å²) in [7, 11) is 0. The van der Waals surface area contributed by atoms with E-state index >= 15 is 0 Å². The van der Waals surface area contributed by atoms with E-state index in [0.29, 0.717) is 29.2 Å². The second-order valence-electron chi connectivity index (χ2n) is 5.61. The SMILES string of the molecule is CC1(C)C(N2CCC(=O)C2)C1(C)C. The van der Waals surface area contributed by atoms with Gasteiger partial charge in [-0.25, -0.2) is 0 Å². The summed E-state index contributed by atoms with van der Waals surface area (Å²) in [5.41, 5.74) is 0.773. The van der Waals surface area contributed by atoms with Gasteiger partial charge in [-0.2, -0.15) is 0 Å². The lowest BCUT2D eigenvalue weighted by Crippen LogP contribution is -2.27. The highest BCUT2D eigenvalue weighted by Crippen LogP contribution is 2.65. The number of nitrogens with zero attached hydrogens (tertiary/aromatic N) is 1. The van der Waals surface area contributed by atoms with Gasteiger partial charge in [0.1, 0.15) is 5.78 Å². The van der Waals surface area contributed by atoms with Gasteiger partial charge in [0.2, 0.25) is 0 Å². The van der Waals surface area contributed by atoms with E-state index in [-0.39, 0.29) is 0 Å². The molecule has 2 aliphatic rings. The molecule has 0 amide bonds. The van der Waals surface area contributed by atoms with Gasteiger partial charge in [0.05, 0.1) is 6.54 Å². The molecule has 0 aromatic rings. The minimum absolute atomic E-state index is 0.387. The molecular formula is C11H19NO. The van der Waals surface area contributed by atoms with Crippen LogP contribution in [0, 0.1) is 10.8 Å². The molecule has 2 heteroatoms. The van der Waals surface area contributed by atoms with E-state index < -0.39 is 0 Å². The Labute approximate surface area is 80.3 Å². The molecular weight excluding hydrogens is 162 g/mol. The predicted octanol–water partition coefficient (Wildman–Crippen LogP) is 1.70. The Bertz CT molecular complexity index is 241. The van der Waals surface area contributed by atoms with E-state index in [2.05, 4.69) is 32.6 Å². The highest BCUT2D eigenvalue weighted by molar-refractivity contribution is 5.82. The van der Waals surface area contributed by atoms with Gasteiger partial charge in [-0.1, -0.05) is 27.7 Å². The summed E-state index contributed by atoms with van der Waals surface area (Å²) in [6.45, 7) is 10.9. The molecule has 13 heavy (non-hydrogen) atoms. The van der Waals surface area contributed by atoms with Crippen molar-refractivity contribution in [3.8, 4) is 0 Å². The molecule has 1 heterocycles. The van der Waals surface area contributed by atoms with Gasteiger partial charge in [-0.15, -0.1) is 0 Å². The van der Waals surface area contributed by atoms with Gasteiger partial charge in [-0.05, 0) is 10.8 Å². The van der Waals surface area contributed by atoms with Gasteiger partial charge < -0.3 is 0 Å². The number of ketones is 1. The third kappa shape index (κ3) is 1.08. The number of hydrogen-bond donors (Lipinski definition) is 0. The van der Waals surface area contributed by atoms with Gasteiger partial charge in [0, 0.05) is 19.0 Å². The second kappa shape index (κ2) is 2.35. The molecule has 0 aromatic heterocycles. The lowest BCUT2D eigenvalue weighted by Gasteiger charge is -2.15. The summed E-state index contributed by atoms with van der Waals surface area (Å²) < 4.78 is 0. The fraction of sp³-hybridized carbons (Fsp3) is 0.909. The quantitative estimate of drug-likeness (QED) is 0.613. The summed E-state index contributed by atoms with van der Waals surface area (Å²) in [5, 5.41) is 0. The summed E-state index contributed by atoms with van der Waals surface area (Å²) in [5.74, 6) is 0.415. The third-order valence-corrected chi connectivity index (χ3v) is 4.37. The molecule has 1 aliphatic heterocycles. The maximum atomic E-state index is 11.2. The van der Waals surface area contributed by atoms with Crippen LogP contribution >= 0.6 is 0 Å². The normalized spacial score (nSPS) is 32.5. The molecule has 0 radical (unpaired) electrons. The summed E-state index contributed by atoms with van der Waals surface area (Å²) in [6, 6.07) is 0.617. The molecule has 1 aliphatic carbocycles. The number of likely N-dealkylation sites (tertiary alicyclic amines) is 1. The molecule has 0 N–H and O–H groups in total. The van der Waals surface area contributed by atoms with Gasteiger partial charge in [0.25, 0.3) is 0 Å². The number of Topliss-reactive ketones (excluding diaryl/α,β-unsaturated/α-hetero) is 1. The first kappa shape index (κ1) is 9.20. The minimum Gasteiger partial charge on any atom is -0.298 e. The fourth-order valence-corrected chi connectivity index (χ4v) is 2.95. The highest BCUT2D eigenvalue weighted by Gasteiger charge is 2.67. The topological polar surface area (TPSA) is 20.3 Å². The number of hydrogen-bond acceptors (Lipinski definition) is 2. The van der Waals surface area contributed by atoms with Crippen molar-refractivity contribution < 1.29 is 4.79 Å². The van der Waals surface area contributed by atoms with Crippen molar-refractivity contribution in [3.05, 3.63) is 0 Å². The standard InChI is InChI=1S/C11H19NO/c1-10(2)9(11(10,3)4)12-6-5-8(13)7-12/h9H,5-7H2,1-4H3. The molecule has 1 saturated carbocycles. The molecule has 0 aromatic carbocycles. The van der Waals surface area contributed by atoms with Crippen molar-refractivity contribution >= 4 is 5.78 Å². The van der Waals surface area contributed by atoms with Crippen LogP contribution in [0.25, 0.3) is 0 Å².